The van der Waals surface area contributed by atoms with Gasteiger partial charge in [-0.1, -0.05) is 12.1 Å². The number of aliphatic carboxylic acids is 1. The maximum absolute atomic E-state index is 12.7. The van der Waals surface area contributed by atoms with Gasteiger partial charge in [0, 0.05) is 37.0 Å². The number of hydrogen-bond acceptors (Lipinski definition) is 5. The molecule has 0 aromatic heterocycles. The van der Waals surface area contributed by atoms with E-state index >= 15 is 0 Å². The Hall–Kier alpha value is -3.75. The Kier molecular flexibility index (Phi) is 8.53. The van der Waals surface area contributed by atoms with Crippen LogP contribution in [0.25, 0.3) is 0 Å². The first kappa shape index (κ1) is 26.3. The number of carboxylic acids is 1. The molecule has 0 atom stereocenters. The van der Waals surface area contributed by atoms with Crippen LogP contribution in [0.4, 0.5) is 21.0 Å². The van der Waals surface area contributed by atoms with Crippen LogP contribution in [0.3, 0.4) is 0 Å². The van der Waals surface area contributed by atoms with E-state index in [-0.39, 0.29) is 30.6 Å². The van der Waals surface area contributed by atoms with Crippen LogP contribution < -0.4 is 15.4 Å². The summed E-state index contributed by atoms with van der Waals surface area (Å²) in [6, 6.07) is 11.0. The standard InChI is InChI=1S/C28H35N3O6/c1-3-36-24-9-4-18(2)25(16-24)30-27(34)29-22-8-7-21-17-31(13-12-20(21)15-22)28(35)37-23-10-5-19(6-11-23)14-26(32)33/h4,7-9,15-16,19,23H,3,5-6,10-14,17H2,1-2H3,(H,32,33)(H2,29,30,34). The average molecular weight is 510 g/mol. The summed E-state index contributed by atoms with van der Waals surface area (Å²) in [6.07, 6.45) is 3.34. The molecular formula is C28H35N3O6. The van der Waals surface area contributed by atoms with Crippen molar-refractivity contribution in [2.45, 2.75) is 65.0 Å². The van der Waals surface area contributed by atoms with Gasteiger partial charge in [-0.3, -0.25) is 4.79 Å². The number of carboxylic acid groups (broad SMARTS) is 1. The van der Waals surface area contributed by atoms with Crippen LogP contribution in [0, 0.1) is 12.8 Å². The lowest BCUT2D eigenvalue weighted by atomic mass is 9.85. The summed E-state index contributed by atoms with van der Waals surface area (Å²) in [5.74, 6) is 0.100. The normalized spacial score (nSPS) is 18.9. The summed E-state index contributed by atoms with van der Waals surface area (Å²) < 4.78 is 11.3. The third kappa shape index (κ3) is 7.15. The van der Waals surface area contributed by atoms with Gasteiger partial charge in [0.2, 0.25) is 0 Å². The molecule has 0 bridgehead atoms. The monoisotopic (exact) mass is 509 g/mol. The maximum atomic E-state index is 12.7. The fourth-order valence-corrected chi connectivity index (χ4v) is 4.98. The predicted molar refractivity (Wildman–Crippen MR) is 140 cm³/mol. The molecule has 3 amide bonds. The van der Waals surface area contributed by atoms with E-state index in [0.29, 0.717) is 56.1 Å². The van der Waals surface area contributed by atoms with Crippen molar-refractivity contribution < 1.29 is 29.0 Å². The number of fused-ring (bicyclic) bond motifs is 1. The number of hydrogen-bond donors (Lipinski definition) is 3. The number of anilines is 2. The number of benzene rings is 2. The van der Waals surface area contributed by atoms with Gasteiger partial charge in [-0.2, -0.15) is 0 Å². The highest BCUT2D eigenvalue weighted by Gasteiger charge is 2.28. The highest BCUT2D eigenvalue weighted by Crippen LogP contribution is 2.30. The lowest BCUT2D eigenvalue weighted by Crippen LogP contribution is -2.39. The number of nitrogens with zero attached hydrogens (tertiary/aromatic N) is 1. The zero-order valence-corrected chi connectivity index (χ0v) is 21.4. The highest BCUT2D eigenvalue weighted by molar-refractivity contribution is 6.00. The molecular weight excluding hydrogens is 474 g/mol. The van der Waals surface area contributed by atoms with Gasteiger partial charge in [-0.15, -0.1) is 0 Å². The average Bonchev–Trinajstić information content (AvgIpc) is 2.86. The Bertz CT molecular complexity index is 1140. The minimum Gasteiger partial charge on any atom is -0.494 e. The molecule has 0 radical (unpaired) electrons. The first-order chi connectivity index (χ1) is 17.8. The maximum Gasteiger partial charge on any atom is 0.410 e. The summed E-state index contributed by atoms with van der Waals surface area (Å²) in [5, 5.41) is 14.7. The van der Waals surface area contributed by atoms with Crippen LogP contribution in [0.2, 0.25) is 0 Å². The SMILES string of the molecule is CCOc1ccc(C)c(NC(=O)Nc2ccc3c(c2)CCN(C(=O)OC2CCC(CC(=O)O)CC2)C3)c1. The van der Waals surface area contributed by atoms with Crippen LogP contribution in [-0.4, -0.2) is 47.4 Å². The quantitative estimate of drug-likeness (QED) is 0.449. The summed E-state index contributed by atoms with van der Waals surface area (Å²) in [7, 11) is 0. The lowest BCUT2D eigenvalue weighted by molar-refractivity contribution is -0.138. The van der Waals surface area contributed by atoms with Crippen molar-refractivity contribution in [2.75, 3.05) is 23.8 Å². The summed E-state index contributed by atoms with van der Waals surface area (Å²) in [4.78, 5) is 38.0. The number of nitrogens with one attached hydrogen (secondary N) is 2. The van der Waals surface area contributed by atoms with Crippen molar-refractivity contribution in [3.63, 3.8) is 0 Å². The van der Waals surface area contributed by atoms with Gasteiger partial charge < -0.3 is 30.1 Å². The summed E-state index contributed by atoms with van der Waals surface area (Å²) in [6.45, 7) is 5.38. The molecule has 198 valence electrons. The third-order valence-electron chi connectivity index (χ3n) is 7.03. The molecule has 2 aromatic rings. The molecule has 0 unspecified atom stereocenters. The van der Waals surface area contributed by atoms with Crippen LogP contribution in [0.1, 0.15) is 55.7 Å². The molecule has 3 N–H and O–H groups in total. The summed E-state index contributed by atoms with van der Waals surface area (Å²) >= 11 is 0. The van der Waals surface area contributed by atoms with E-state index in [1.165, 1.54) is 0 Å². The molecule has 2 aromatic carbocycles. The number of amides is 3. The van der Waals surface area contributed by atoms with E-state index in [4.69, 9.17) is 14.6 Å². The smallest absolute Gasteiger partial charge is 0.410 e. The van der Waals surface area contributed by atoms with Gasteiger partial charge in [0.15, 0.2) is 0 Å². The number of carbonyl (C=O) groups is 3. The van der Waals surface area contributed by atoms with Gasteiger partial charge in [0.25, 0.3) is 0 Å². The number of urea groups is 1. The van der Waals surface area contributed by atoms with Gasteiger partial charge in [0.05, 0.1) is 6.61 Å². The minimum atomic E-state index is -0.770. The van der Waals surface area contributed by atoms with Crippen LogP contribution in [0.5, 0.6) is 5.75 Å². The zero-order chi connectivity index (χ0) is 26.4. The Labute approximate surface area is 217 Å². The summed E-state index contributed by atoms with van der Waals surface area (Å²) in [5.41, 5.74) is 4.42. The zero-order valence-electron chi connectivity index (χ0n) is 21.4. The van der Waals surface area contributed by atoms with Crippen LogP contribution in [-0.2, 0) is 22.5 Å². The Balaban J connectivity index is 1.28. The van der Waals surface area contributed by atoms with Crippen molar-refractivity contribution in [1.82, 2.24) is 4.90 Å². The number of rotatable bonds is 7. The lowest BCUT2D eigenvalue weighted by Gasteiger charge is -2.32. The van der Waals surface area contributed by atoms with E-state index in [1.807, 2.05) is 44.2 Å². The van der Waals surface area contributed by atoms with E-state index in [1.54, 1.807) is 11.0 Å². The largest absolute Gasteiger partial charge is 0.494 e. The van der Waals surface area contributed by atoms with Crippen LogP contribution in [0.15, 0.2) is 36.4 Å². The van der Waals surface area contributed by atoms with Crippen molar-refractivity contribution in [3.05, 3.63) is 53.1 Å². The molecule has 1 saturated carbocycles. The van der Waals surface area contributed by atoms with E-state index in [2.05, 4.69) is 10.6 Å². The Morgan fingerprint density at radius 1 is 1.03 bits per heavy atom. The van der Waals surface area contributed by atoms with Gasteiger partial charge in [0.1, 0.15) is 11.9 Å². The van der Waals surface area contributed by atoms with Gasteiger partial charge in [-0.05, 0) is 86.8 Å². The van der Waals surface area contributed by atoms with E-state index in [0.717, 1.165) is 29.5 Å². The fourth-order valence-electron chi connectivity index (χ4n) is 4.98. The number of aryl methyl sites for hydroxylation is 1. The molecule has 1 aliphatic carbocycles. The second-order valence-corrected chi connectivity index (χ2v) is 9.77. The second kappa shape index (κ2) is 12.0. The molecule has 1 aliphatic heterocycles. The highest BCUT2D eigenvalue weighted by atomic mass is 16.6. The predicted octanol–water partition coefficient (Wildman–Crippen LogP) is 5.57. The number of ether oxygens (including phenoxy) is 2. The Morgan fingerprint density at radius 2 is 1.81 bits per heavy atom. The molecule has 9 heteroatoms. The molecule has 1 fully saturated rings. The van der Waals surface area contributed by atoms with E-state index < -0.39 is 5.97 Å². The van der Waals surface area contributed by atoms with Crippen molar-refractivity contribution in [3.8, 4) is 5.75 Å². The second-order valence-electron chi connectivity index (χ2n) is 9.77. The first-order valence-corrected chi connectivity index (χ1v) is 12.9. The number of carbonyl (C=O) groups excluding carboxylic acids is 2. The van der Waals surface area contributed by atoms with Gasteiger partial charge >= 0.3 is 18.1 Å². The first-order valence-electron chi connectivity index (χ1n) is 12.9. The van der Waals surface area contributed by atoms with Crippen molar-refractivity contribution in [2.24, 2.45) is 5.92 Å². The van der Waals surface area contributed by atoms with Crippen molar-refractivity contribution >= 4 is 29.5 Å². The third-order valence-corrected chi connectivity index (χ3v) is 7.03. The molecule has 9 nitrogen and oxygen atoms in total. The minimum absolute atomic E-state index is 0.151. The fraction of sp³-hybridized carbons (Fsp3) is 0.464. The molecule has 2 aliphatic rings. The molecule has 1 heterocycles. The molecule has 0 spiro atoms. The Morgan fingerprint density at radius 3 is 2.54 bits per heavy atom. The van der Waals surface area contributed by atoms with Gasteiger partial charge in [-0.25, -0.2) is 9.59 Å². The topological polar surface area (TPSA) is 117 Å². The van der Waals surface area contributed by atoms with Crippen LogP contribution >= 0.6 is 0 Å². The molecule has 37 heavy (non-hydrogen) atoms. The molecule has 4 rings (SSSR count). The van der Waals surface area contributed by atoms with Crippen molar-refractivity contribution in [1.29, 1.82) is 0 Å². The molecule has 0 saturated heterocycles. The van der Waals surface area contributed by atoms with E-state index in [9.17, 15) is 14.4 Å².